The molecule has 0 aliphatic heterocycles. The Hall–Kier alpha value is -3.22. The van der Waals surface area contributed by atoms with Gasteiger partial charge in [0.05, 0.1) is 22.2 Å². The average molecular weight is 538 g/mol. The number of amides is 1. The molecule has 0 fully saturated rings. The van der Waals surface area contributed by atoms with Crippen LogP contribution in [0.1, 0.15) is 5.56 Å². The van der Waals surface area contributed by atoms with Crippen molar-refractivity contribution in [2.45, 2.75) is 4.90 Å². The summed E-state index contributed by atoms with van der Waals surface area (Å²) in [6.45, 7) is 0. The molecule has 0 bridgehead atoms. The van der Waals surface area contributed by atoms with E-state index in [1.165, 1.54) is 55.7 Å². The number of rotatable bonds is 7. The van der Waals surface area contributed by atoms with Crippen LogP contribution in [0.5, 0.6) is 11.5 Å². The van der Waals surface area contributed by atoms with E-state index in [1.54, 1.807) is 24.3 Å². The number of carbonyl (C=O) groups is 1. The SMILES string of the molecule is COc1cc(/C=C(\C#N)C(=O)Nc2ccc(Cl)c(Cl)c2)cc(Cl)c1OS(=O)(=O)c1ccccc1. The normalized spacial score (nSPS) is 11.4. The van der Waals surface area contributed by atoms with Gasteiger partial charge >= 0.3 is 10.1 Å². The van der Waals surface area contributed by atoms with E-state index in [4.69, 9.17) is 43.7 Å². The number of nitriles is 1. The van der Waals surface area contributed by atoms with E-state index in [0.29, 0.717) is 16.3 Å². The van der Waals surface area contributed by atoms with E-state index >= 15 is 0 Å². The molecule has 0 radical (unpaired) electrons. The molecule has 3 rings (SSSR count). The summed E-state index contributed by atoms with van der Waals surface area (Å²) in [7, 11) is -2.89. The van der Waals surface area contributed by atoms with Crippen LogP contribution in [0.3, 0.4) is 0 Å². The van der Waals surface area contributed by atoms with Crippen molar-refractivity contribution >= 4 is 62.6 Å². The van der Waals surface area contributed by atoms with E-state index in [1.807, 2.05) is 0 Å². The summed E-state index contributed by atoms with van der Waals surface area (Å²) in [5.74, 6) is -0.952. The molecule has 11 heteroatoms. The van der Waals surface area contributed by atoms with Crippen LogP contribution >= 0.6 is 34.8 Å². The van der Waals surface area contributed by atoms with Gasteiger partial charge in [0.25, 0.3) is 5.91 Å². The molecule has 0 unspecified atom stereocenters. The van der Waals surface area contributed by atoms with E-state index in [9.17, 15) is 18.5 Å². The lowest BCUT2D eigenvalue weighted by Crippen LogP contribution is -2.13. The second-order valence-corrected chi connectivity index (χ2v) is 9.41. The maximum atomic E-state index is 12.6. The fourth-order valence-corrected chi connectivity index (χ4v) is 4.32. The molecule has 34 heavy (non-hydrogen) atoms. The average Bonchev–Trinajstić information content (AvgIpc) is 2.81. The van der Waals surface area contributed by atoms with Crippen LogP contribution in [-0.2, 0) is 14.9 Å². The summed E-state index contributed by atoms with van der Waals surface area (Å²) >= 11 is 18.1. The Morgan fingerprint density at radius 1 is 1.00 bits per heavy atom. The summed E-state index contributed by atoms with van der Waals surface area (Å²) < 4.78 is 35.6. The zero-order valence-electron chi connectivity index (χ0n) is 17.4. The third-order valence-corrected chi connectivity index (χ3v) is 6.59. The number of anilines is 1. The zero-order chi connectivity index (χ0) is 24.9. The van der Waals surface area contributed by atoms with Crippen LogP contribution in [-0.4, -0.2) is 21.4 Å². The lowest BCUT2D eigenvalue weighted by Gasteiger charge is -2.13. The Kier molecular flexibility index (Phi) is 8.07. The van der Waals surface area contributed by atoms with Crippen molar-refractivity contribution in [3.63, 3.8) is 0 Å². The number of methoxy groups -OCH3 is 1. The minimum absolute atomic E-state index is 0.0135. The number of benzene rings is 3. The lowest BCUT2D eigenvalue weighted by atomic mass is 10.1. The minimum Gasteiger partial charge on any atom is -0.493 e. The largest absolute Gasteiger partial charge is 0.493 e. The number of halogens is 3. The molecule has 7 nitrogen and oxygen atoms in total. The zero-order valence-corrected chi connectivity index (χ0v) is 20.5. The standard InChI is InChI=1S/C23H15Cl3N2O5S/c1-32-21-11-14(9-15(13-27)23(29)28-16-7-8-18(24)19(25)12-16)10-20(26)22(21)33-34(30,31)17-5-3-2-4-6-17/h2-12H,1H3,(H,28,29)/b15-9+. The maximum Gasteiger partial charge on any atom is 0.339 e. The maximum absolute atomic E-state index is 12.6. The van der Waals surface area contributed by atoms with Gasteiger partial charge in [-0.3, -0.25) is 4.79 Å². The van der Waals surface area contributed by atoms with Gasteiger partial charge in [0, 0.05) is 5.69 Å². The van der Waals surface area contributed by atoms with Crippen molar-refractivity contribution in [1.29, 1.82) is 5.26 Å². The second-order valence-electron chi connectivity index (χ2n) is 6.64. The molecular weight excluding hydrogens is 523 g/mol. The van der Waals surface area contributed by atoms with Gasteiger partial charge in [-0.1, -0.05) is 53.0 Å². The van der Waals surface area contributed by atoms with Crippen molar-refractivity contribution in [2.75, 3.05) is 12.4 Å². The number of ether oxygens (including phenoxy) is 1. The summed E-state index contributed by atoms with van der Waals surface area (Å²) in [5, 5.41) is 12.5. The number of carbonyl (C=O) groups excluding carboxylic acids is 1. The Morgan fingerprint density at radius 2 is 1.71 bits per heavy atom. The van der Waals surface area contributed by atoms with Crippen LogP contribution in [0.15, 0.2) is 71.1 Å². The van der Waals surface area contributed by atoms with Crippen molar-refractivity contribution in [2.24, 2.45) is 0 Å². The molecule has 1 amide bonds. The van der Waals surface area contributed by atoms with Crippen molar-refractivity contribution in [1.82, 2.24) is 0 Å². The highest BCUT2D eigenvalue weighted by molar-refractivity contribution is 7.87. The van der Waals surface area contributed by atoms with Gasteiger partial charge in [0.1, 0.15) is 16.5 Å². The first-order chi connectivity index (χ1) is 16.1. The second kappa shape index (κ2) is 10.8. The molecule has 3 aromatic carbocycles. The highest BCUT2D eigenvalue weighted by Crippen LogP contribution is 2.39. The third-order valence-electron chi connectivity index (χ3n) is 4.33. The molecule has 0 aromatic heterocycles. The number of nitrogens with one attached hydrogen (secondary N) is 1. The lowest BCUT2D eigenvalue weighted by molar-refractivity contribution is -0.112. The van der Waals surface area contributed by atoms with Gasteiger partial charge in [0.2, 0.25) is 5.75 Å². The highest BCUT2D eigenvalue weighted by Gasteiger charge is 2.22. The molecule has 3 aromatic rings. The van der Waals surface area contributed by atoms with Crippen molar-refractivity contribution in [3.05, 3.63) is 86.9 Å². The van der Waals surface area contributed by atoms with E-state index in [2.05, 4.69) is 5.32 Å². The van der Waals surface area contributed by atoms with Gasteiger partial charge in [-0.15, -0.1) is 0 Å². The number of hydrogen-bond acceptors (Lipinski definition) is 6. The Morgan fingerprint density at radius 3 is 2.32 bits per heavy atom. The van der Waals surface area contributed by atoms with Crippen LogP contribution < -0.4 is 14.2 Å². The van der Waals surface area contributed by atoms with Gasteiger partial charge in [-0.2, -0.15) is 13.7 Å². The van der Waals surface area contributed by atoms with E-state index in [-0.39, 0.29) is 32.0 Å². The molecule has 0 atom stereocenters. The van der Waals surface area contributed by atoms with Crippen LogP contribution in [0.25, 0.3) is 6.08 Å². The Labute approximate surface area is 211 Å². The van der Waals surface area contributed by atoms with Crippen LogP contribution in [0, 0.1) is 11.3 Å². The summed E-state index contributed by atoms with van der Waals surface area (Å²) in [6.07, 6.45) is 1.26. The van der Waals surface area contributed by atoms with Gasteiger partial charge in [-0.25, -0.2) is 0 Å². The van der Waals surface area contributed by atoms with E-state index in [0.717, 1.165) is 0 Å². The molecule has 0 aliphatic rings. The summed E-state index contributed by atoms with van der Waals surface area (Å²) in [4.78, 5) is 12.5. The van der Waals surface area contributed by atoms with E-state index < -0.39 is 16.0 Å². The minimum atomic E-state index is -4.18. The Bertz CT molecular complexity index is 1420. The summed E-state index contributed by atoms with van der Waals surface area (Å²) in [5.41, 5.74) is 0.382. The molecule has 0 heterocycles. The first-order valence-corrected chi connectivity index (χ1v) is 11.9. The van der Waals surface area contributed by atoms with Crippen LogP contribution in [0.2, 0.25) is 15.1 Å². The van der Waals surface area contributed by atoms with Gasteiger partial charge in [-0.05, 0) is 54.1 Å². The number of hydrogen-bond donors (Lipinski definition) is 1. The smallest absolute Gasteiger partial charge is 0.339 e. The molecule has 174 valence electrons. The predicted octanol–water partition coefficient (Wildman–Crippen LogP) is 5.97. The molecule has 0 saturated carbocycles. The molecule has 0 aliphatic carbocycles. The van der Waals surface area contributed by atoms with Gasteiger partial charge < -0.3 is 14.2 Å². The molecular formula is C23H15Cl3N2O5S. The quantitative estimate of drug-likeness (QED) is 0.226. The first kappa shape index (κ1) is 25.4. The topological polar surface area (TPSA) is 105 Å². The van der Waals surface area contributed by atoms with Crippen LogP contribution in [0.4, 0.5) is 5.69 Å². The fraction of sp³-hybridized carbons (Fsp3) is 0.0435. The monoisotopic (exact) mass is 536 g/mol. The fourth-order valence-electron chi connectivity index (χ4n) is 2.74. The molecule has 0 spiro atoms. The first-order valence-electron chi connectivity index (χ1n) is 9.40. The van der Waals surface area contributed by atoms with Gasteiger partial charge in [0.15, 0.2) is 5.75 Å². The third kappa shape index (κ3) is 6.01. The van der Waals surface area contributed by atoms with Crippen molar-refractivity contribution in [3.8, 4) is 17.6 Å². The van der Waals surface area contributed by atoms with Crippen molar-refractivity contribution < 1.29 is 22.1 Å². The highest BCUT2D eigenvalue weighted by atomic mass is 35.5. The summed E-state index contributed by atoms with van der Waals surface area (Å²) in [6, 6.07) is 16.5. The molecule has 1 N–H and O–H groups in total. The molecule has 0 saturated heterocycles. The predicted molar refractivity (Wildman–Crippen MR) is 131 cm³/mol. The Balaban J connectivity index is 1.90. The number of nitrogens with zero attached hydrogens (tertiary/aromatic N) is 1.